The first-order valence-corrected chi connectivity index (χ1v) is 7.45. The molecule has 0 fully saturated rings. The fourth-order valence-corrected chi connectivity index (χ4v) is 3.08. The number of nitrogens with two attached hydrogens (primary N) is 1. The topological polar surface area (TPSA) is 46.3 Å². The summed E-state index contributed by atoms with van der Waals surface area (Å²) in [5, 5.41) is 0. The molecule has 3 nitrogen and oxygen atoms in total. The van der Waals surface area contributed by atoms with E-state index in [-0.39, 0.29) is 5.91 Å². The van der Waals surface area contributed by atoms with Crippen LogP contribution < -0.4 is 5.73 Å². The van der Waals surface area contributed by atoms with Crippen LogP contribution in [0.5, 0.6) is 0 Å². The van der Waals surface area contributed by atoms with Crippen molar-refractivity contribution in [3.8, 4) is 0 Å². The van der Waals surface area contributed by atoms with Crippen molar-refractivity contribution in [3.63, 3.8) is 0 Å². The first-order valence-electron chi connectivity index (χ1n) is 6.65. The molecule has 0 bridgehead atoms. The number of nitrogen functional groups attached to an aromatic ring is 1. The Hall–Kier alpha value is -1.88. The summed E-state index contributed by atoms with van der Waals surface area (Å²) in [4.78, 5) is 14.2. The van der Waals surface area contributed by atoms with E-state index in [0.29, 0.717) is 28.8 Å². The molecule has 2 N–H and O–H groups in total. The Bertz CT molecular complexity index is 697. The summed E-state index contributed by atoms with van der Waals surface area (Å²) >= 11 is 3.21. The van der Waals surface area contributed by atoms with Gasteiger partial charge >= 0.3 is 0 Å². The third kappa shape index (κ3) is 2.93. The van der Waals surface area contributed by atoms with Gasteiger partial charge < -0.3 is 10.6 Å². The van der Waals surface area contributed by atoms with Crippen molar-refractivity contribution in [3.05, 3.63) is 63.4 Å². The van der Waals surface area contributed by atoms with Gasteiger partial charge in [0.25, 0.3) is 5.91 Å². The van der Waals surface area contributed by atoms with E-state index in [4.69, 9.17) is 5.73 Å². The van der Waals surface area contributed by atoms with Gasteiger partial charge in [-0.15, -0.1) is 0 Å². The highest BCUT2D eigenvalue weighted by atomic mass is 79.9. The highest BCUT2D eigenvalue weighted by Gasteiger charge is 2.22. The summed E-state index contributed by atoms with van der Waals surface area (Å²) in [5.41, 5.74) is 9.12. The first-order chi connectivity index (χ1) is 10.0. The van der Waals surface area contributed by atoms with Crippen molar-refractivity contribution < 1.29 is 9.18 Å². The summed E-state index contributed by atoms with van der Waals surface area (Å²) < 4.78 is 14.0. The molecule has 0 atom stereocenters. The summed E-state index contributed by atoms with van der Waals surface area (Å²) in [6.45, 7) is 1.14. The van der Waals surface area contributed by atoms with Gasteiger partial charge in [-0.05, 0) is 47.9 Å². The van der Waals surface area contributed by atoms with Crippen LogP contribution in [0.25, 0.3) is 0 Å². The van der Waals surface area contributed by atoms with Gasteiger partial charge in [0, 0.05) is 28.8 Å². The smallest absolute Gasteiger partial charge is 0.254 e. The van der Waals surface area contributed by atoms with E-state index in [0.717, 1.165) is 12.0 Å². The predicted octanol–water partition coefficient (Wildman–Crippen LogP) is 3.37. The van der Waals surface area contributed by atoms with Crippen LogP contribution in [-0.4, -0.2) is 17.4 Å². The van der Waals surface area contributed by atoms with Gasteiger partial charge in [0.05, 0.1) is 0 Å². The van der Waals surface area contributed by atoms with Gasteiger partial charge in [0.1, 0.15) is 5.82 Å². The molecule has 1 amide bonds. The molecule has 0 aliphatic carbocycles. The van der Waals surface area contributed by atoms with Crippen LogP contribution in [0.4, 0.5) is 10.1 Å². The number of amides is 1. The number of hydrogen-bond donors (Lipinski definition) is 1. The lowest BCUT2D eigenvalue weighted by Gasteiger charge is -2.29. The number of hydrogen-bond acceptors (Lipinski definition) is 2. The standard InChI is InChI=1S/C16H14BrFN2O/c17-13-5-11(6-14(18)8-13)16(21)20-4-3-10-1-2-15(19)7-12(10)9-20/h1-2,5-8H,3-4,9,19H2. The lowest BCUT2D eigenvalue weighted by molar-refractivity contribution is 0.0734. The van der Waals surface area contributed by atoms with E-state index in [1.54, 1.807) is 11.0 Å². The Balaban J connectivity index is 1.86. The summed E-state index contributed by atoms with van der Waals surface area (Å²) in [6, 6.07) is 10.0. The Labute approximate surface area is 130 Å². The molecule has 0 aromatic heterocycles. The maximum Gasteiger partial charge on any atom is 0.254 e. The van der Waals surface area contributed by atoms with E-state index < -0.39 is 5.82 Å². The fourth-order valence-electron chi connectivity index (χ4n) is 2.61. The van der Waals surface area contributed by atoms with Crippen molar-refractivity contribution in [2.45, 2.75) is 13.0 Å². The molecule has 21 heavy (non-hydrogen) atoms. The Morgan fingerprint density at radius 1 is 1.19 bits per heavy atom. The molecule has 0 spiro atoms. The van der Waals surface area contributed by atoms with Gasteiger partial charge in [-0.2, -0.15) is 0 Å². The zero-order valence-electron chi connectivity index (χ0n) is 11.3. The number of anilines is 1. The van der Waals surface area contributed by atoms with Crippen molar-refractivity contribution in [2.24, 2.45) is 0 Å². The zero-order chi connectivity index (χ0) is 15.0. The lowest BCUT2D eigenvalue weighted by atomic mass is 9.98. The van der Waals surface area contributed by atoms with E-state index in [1.165, 1.54) is 17.7 Å². The van der Waals surface area contributed by atoms with Gasteiger partial charge in [-0.3, -0.25) is 4.79 Å². The second kappa shape index (κ2) is 5.48. The van der Waals surface area contributed by atoms with E-state index in [9.17, 15) is 9.18 Å². The number of fused-ring (bicyclic) bond motifs is 1. The average Bonchev–Trinajstić information content (AvgIpc) is 2.44. The molecule has 1 heterocycles. The average molecular weight is 349 g/mol. The highest BCUT2D eigenvalue weighted by Crippen LogP contribution is 2.24. The van der Waals surface area contributed by atoms with Crippen LogP contribution in [0.15, 0.2) is 40.9 Å². The fraction of sp³-hybridized carbons (Fsp3) is 0.188. The van der Waals surface area contributed by atoms with Gasteiger partial charge in [-0.25, -0.2) is 4.39 Å². The summed E-state index contributed by atoms with van der Waals surface area (Å²) in [6.07, 6.45) is 0.790. The number of nitrogens with zero attached hydrogens (tertiary/aromatic N) is 1. The Kier molecular flexibility index (Phi) is 3.68. The van der Waals surface area contributed by atoms with Crippen LogP contribution in [0.1, 0.15) is 21.5 Å². The Morgan fingerprint density at radius 2 is 2.00 bits per heavy atom. The van der Waals surface area contributed by atoms with Crippen LogP contribution in [0.2, 0.25) is 0 Å². The number of halogens is 2. The number of rotatable bonds is 1. The van der Waals surface area contributed by atoms with Gasteiger partial charge in [0.15, 0.2) is 0 Å². The van der Waals surface area contributed by atoms with E-state index >= 15 is 0 Å². The van der Waals surface area contributed by atoms with Crippen LogP contribution in [0.3, 0.4) is 0 Å². The largest absolute Gasteiger partial charge is 0.399 e. The van der Waals surface area contributed by atoms with Crippen molar-refractivity contribution >= 4 is 27.5 Å². The normalized spacial score (nSPS) is 13.9. The highest BCUT2D eigenvalue weighted by molar-refractivity contribution is 9.10. The van der Waals surface area contributed by atoms with E-state index in [2.05, 4.69) is 15.9 Å². The molecular formula is C16H14BrFN2O. The second-order valence-corrected chi connectivity index (χ2v) is 6.08. The van der Waals surface area contributed by atoms with Crippen LogP contribution in [0, 0.1) is 5.82 Å². The third-order valence-electron chi connectivity index (χ3n) is 3.64. The number of carbonyl (C=O) groups excluding carboxylic acids is 1. The molecular weight excluding hydrogens is 335 g/mol. The lowest BCUT2D eigenvalue weighted by Crippen LogP contribution is -2.36. The minimum atomic E-state index is -0.422. The molecule has 0 radical (unpaired) electrons. The quantitative estimate of drug-likeness (QED) is 0.803. The Morgan fingerprint density at radius 3 is 2.76 bits per heavy atom. The molecule has 0 saturated heterocycles. The van der Waals surface area contributed by atoms with Crippen LogP contribution >= 0.6 is 15.9 Å². The molecule has 1 aliphatic rings. The molecule has 1 aliphatic heterocycles. The van der Waals surface area contributed by atoms with Crippen LogP contribution in [-0.2, 0) is 13.0 Å². The van der Waals surface area contributed by atoms with E-state index in [1.807, 2.05) is 18.2 Å². The van der Waals surface area contributed by atoms with Crippen molar-refractivity contribution in [2.75, 3.05) is 12.3 Å². The molecule has 0 saturated carbocycles. The summed E-state index contributed by atoms with van der Waals surface area (Å²) in [7, 11) is 0. The zero-order valence-corrected chi connectivity index (χ0v) is 12.9. The maximum absolute atomic E-state index is 13.4. The minimum Gasteiger partial charge on any atom is -0.399 e. The third-order valence-corrected chi connectivity index (χ3v) is 4.10. The molecule has 5 heteroatoms. The molecule has 0 unspecified atom stereocenters. The van der Waals surface area contributed by atoms with Gasteiger partial charge in [-0.1, -0.05) is 22.0 Å². The monoisotopic (exact) mass is 348 g/mol. The SMILES string of the molecule is Nc1ccc2c(c1)CN(C(=O)c1cc(F)cc(Br)c1)CC2. The predicted molar refractivity (Wildman–Crippen MR) is 83.4 cm³/mol. The second-order valence-electron chi connectivity index (χ2n) is 5.16. The molecule has 2 aromatic carbocycles. The minimum absolute atomic E-state index is 0.164. The van der Waals surface area contributed by atoms with Crippen molar-refractivity contribution in [1.82, 2.24) is 4.90 Å². The molecule has 108 valence electrons. The number of benzene rings is 2. The number of carbonyl (C=O) groups is 1. The molecule has 2 aromatic rings. The van der Waals surface area contributed by atoms with Crippen molar-refractivity contribution in [1.29, 1.82) is 0 Å². The first kappa shape index (κ1) is 14.1. The van der Waals surface area contributed by atoms with Gasteiger partial charge in [0.2, 0.25) is 0 Å². The molecule has 3 rings (SSSR count). The maximum atomic E-state index is 13.4. The summed E-state index contributed by atoms with van der Waals surface area (Å²) in [5.74, 6) is -0.586.